The molecule has 0 aliphatic heterocycles. The number of hydrogen-bond acceptors (Lipinski definition) is 2. The summed E-state index contributed by atoms with van der Waals surface area (Å²) in [5.74, 6) is 1.29. The van der Waals surface area contributed by atoms with Crippen LogP contribution >= 0.6 is 0 Å². The number of aryl methyl sites for hydroxylation is 1. The van der Waals surface area contributed by atoms with Crippen LogP contribution in [-0.4, -0.2) is 10.7 Å². The van der Waals surface area contributed by atoms with Gasteiger partial charge in [0.1, 0.15) is 17.1 Å². The Labute approximate surface area is 133 Å². The normalized spacial score (nSPS) is 11.5. The number of para-hydroxylation sites is 1. The van der Waals surface area contributed by atoms with Gasteiger partial charge in [-0.25, -0.2) is 0 Å². The van der Waals surface area contributed by atoms with E-state index in [2.05, 4.69) is 39.8 Å². The number of hydrogen-bond donors (Lipinski definition) is 1. The molecular formula is C20H26O2. The Kier molecular flexibility index (Phi) is 5.12. The van der Waals surface area contributed by atoms with Crippen molar-refractivity contribution in [3.05, 3.63) is 59.2 Å². The monoisotopic (exact) mass is 298 g/mol. The largest absolute Gasteiger partial charge is 0.508 e. The zero-order chi connectivity index (χ0) is 16.2. The first-order valence-electron chi connectivity index (χ1n) is 8.03. The van der Waals surface area contributed by atoms with Crippen molar-refractivity contribution in [2.75, 3.05) is 0 Å². The maximum Gasteiger partial charge on any atom is 0.123 e. The third-order valence-electron chi connectivity index (χ3n) is 3.96. The predicted molar refractivity (Wildman–Crippen MR) is 91.7 cm³/mol. The highest BCUT2D eigenvalue weighted by Gasteiger charge is 2.23. The van der Waals surface area contributed by atoms with Crippen LogP contribution in [-0.2, 0) is 19.3 Å². The molecule has 0 atom stereocenters. The summed E-state index contributed by atoms with van der Waals surface area (Å²) in [6.45, 7) is 8.47. The fourth-order valence-electron chi connectivity index (χ4n) is 2.89. The molecule has 118 valence electrons. The van der Waals surface area contributed by atoms with Crippen molar-refractivity contribution >= 4 is 0 Å². The molecular weight excluding hydrogens is 272 g/mol. The van der Waals surface area contributed by atoms with Crippen molar-refractivity contribution < 1.29 is 9.84 Å². The van der Waals surface area contributed by atoms with Gasteiger partial charge in [-0.2, -0.15) is 0 Å². The molecule has 0 amide bonds. The molecule has 2 nitrogen and oxygen atoms in total. The Morgan fingerprint density at radius 3 is 2.23 bits per heavy atom. The van der Waals surface area contributed by atoms with E-state index in [4.69, 9.17) is 4.74 Å². The average Bonchev–Trinajstić information content (AvgIpc) is 2.48. The van der Waals surface area contributed by atoms with E-state index in [-0.39, 0.29) is 5.60 Å². The first kappa shape index (κ1) is 16.4. The first-order chi connectivity index (χ1) is 10.5. The zero-order valence-corrected chi connectivity index (χ0v) is 14.0. The van der Waals surface area contributed by atoms with Crippen LogP contribution in [0, 0.1) is 0 Å². The number of phenolic OH excluding ortho intramolecular Hbond substituents is 1. The minimum absolute atomic E-state index is 0.331. The van der Waals surface area contributed by atoms with Gasteiger partial charge in [-0.3, -0.25) is 0 Å². The summed E-state index contributed by atoms with van der Waals surface area (Å²) in [6, 6.07) is 13.7. The van der Waals surface area contributed by atoms with E-state index in [0.29, 0.717) is 12.2 Å². The van der Waals surface area contributed by atoms with Gasteiger partial charge in [0, 0.05) is 6.42 Å². The maximum atomic E-state index is 9.97. The van der Waals surface area contributed by atoms with Crippen LogP contribution in [0.2, 0.25) is 0 Å². The van der Waals surface area contributed by atoms with Gasteiger partial charge in [0.15, 0.2) is 0 Å². The Bertz CT molecular complexity index is 629. The highest BCUT2D eigenvalue weighted by atomic mass is 16.5. The van der Waals surface area contributed by atoms with Crippen molar-refractivity contribution in [1.29, 1.82) is 0 Å². The number of rotatable bonds is 6. The number of ether oxygens (including phenoxy) is 1. The lowest BCUT2D eigenvalue weighted by Gasteiger charge is -2.29. The van der Waals surface area contributed by atoms with Crippen LogP contribution in [0.5, 0.6) is 11.5 Å². The van der Waals surface area contributed by atoms with Gasteiger partial charge in [0.05, 0.1) is 0 Å². The summed E-state index contributed by atoms with van der Waals surface area (Å²) >= 11 is 0. The van der Waals surface area contributed by atoms with Gasteiger partial charge in [-0.1, -0.05) is 44.2 Å². The number of phenols is 1. The summed E-state index contributed by atoms with van der Waals surface area (Å²) in [5.41, 5.74) is 3.17. The first-order valence-corrected chi connectivity index (χ1v) is 8.03. The Morgan fingerprint density at radius 1 is 0.909 bits per heavy atom. The van der Waals surface area contributed by atoms with Crippen molar-refractivity contribution in [2.24, 2.45) is 0 Å². The topological polar surface area (TPSA) is 29.5 Å². The maximum absolute atomic E-state index is 9.97. The van der Waals surface area contributed by atoms with E-state index in [1.165, 1.54) is 11.1 Å². The Morgan fingerprint density at radius 2 is 1.59 bits per heavy atom. The van der Waals surface area contributed by atoms with Gasteiger partial charge in [-0.15, -0.1) is 0 Å². The van der Waals surface area contributed by atoms with Crippen molar-refractivity contribution in [1.82, 2.24) is 0 Å². The van der Waals surface area contributed by atoms with Crippen LogP contribution in [0.1, 0.15) is 44.4 Å². The van der Waals surface area contributed by atoms with Gasteiger partial charge in [-0.05, 0) is 55.5 Å². The van der Waals surface area contributed by atoms with Gasteiger partial charge < -0.3 is 9.84 Å². The molecule has 0 saturated carbocycles. The summed E-state index contributed by atoms with van der Waals surface area (Å²) in [6.07, 6.45) is 2.64. The van der Waals surface area contributed by atoms with Crippen LogP contribution in [0.4, 0.5) is 0 Å². The van der Waals surface area contributed by atoms with Gasteiger partial charge in [0.2, 0.25) is 0 Å². The third-order valence-corrected chi connectivity index (χ3v) is 3.96. The Balaban J connectivity index is 2.24. The molecule has 22 heavy (non-hydrogen) atoms. The molecule has 0 heterocycles. The van der Waals surface area contributed by atoms with Gasteiger partial charge in [0.25, 0.3) is 0 Å². The van der Waals surface area contributed by atoms with E-state index < -0.39 is 0 Å². The minimum atomic E-state index is -0.380. The summed E-state index contributed by atoms with van der Waals surface area (Å²) in [5, 5.41) is 9.97. The second kappa shape index (κ2) is 6.87. The fourth-order valence-corrected chi connectivity index (χ4v) is 2.89. The van der Waals surface area contributed by atoms with E-state index in [0.717, 1.165) is 24.2 Å². The molecule has 2 aromatic rings. The van der Waals surface area contributed by atoms with E-state index in [9.17, 15) is 5.11 Å². The molecule has 2 rings (SSSR count). The molecule has 0 radical (unpaired) electrons. The molecule has 2 aromatic carbocycles. The van der Waals surface area contributed by atoms with Crippen molar-refractivity contribution in [3.8, 4) is 11.5 Å². The van der Waals surface area contributed by atoms with Crippen LogP contribution < -0.4 is 4.74 Å². The van der Waals surface area contributed by atoms with E-state index in [1.54, 1.807) is 6.07 Å². The summed E-state index contributed by atoms with van der Waals surface area (Å²) in [4.78, 5) is 0. The smallest absolute Gasteiger partial charge is 0.123 e. The zero-order valence-electron chi connectivity index (χ0n) is 14.0. The molecule has 0 bridgehead atoms. The third kappa shape index (κ3) is 3.82. The lowest BCUT2D eigenvalue weighted by Crippen LogP contribution is -2.31. The highest BCUT2D eigenvalue weighted by Crippen LogP contribution is 2.30. The SMILES string of the molecule is CCc1cccc(OC(C)(C)Cc2ccccc2O)c1CC. The van der Waals surface area contributed by atoms with Crippen LogP contribution in [0.3, 0.4) is 0 Å². The molecule has 0 aliphatic rings. The molecule has 0 fully saturated rings. The van der Waals surface area contributed by atoms with E-state index >= 15 is 0 Å². The highest BCUT2D eigenvalue weighted by molar-refractivity contribution is 5.41. The molecule has 0 spiro atoms. The number of aromatic hydroxyl groups is 1. The second-order valence-corrected chi connectivity index (χ2v) is 6.27. The number of benzene rings is 2. The molecule has 0 aliphatic carbocycles. The standard InChI is InChI=1S/C20H26O2/c1-5-15-11-9-13-19(17(15)6-2)22-20(3,4)14-16-10-7-8-12-18(16)21/h7-13,21H,5-6,14H2,1-4H3. The molecule has 1 N–H and O–H groups in total. The predicted octanol–water partition coefficient (Wildman–Crippen LogP) is 4.92. The Hall–Kier alpha value is -1.96. The molecule has 2 heteroatoms. The quantitative estimate of drug-likeness (QED) is 0.820. The molecule has 0 saturated heterocycles. The average molecular weight is 298 g/mol. The molecule has 0 aromatic heterocycles. The second-order valence-electron chi connectivity index (χ2n) is 6.27. The lowest BCUT2D eigenvalue weighted by molar-refractivity contribution is 0.108. The minimum Gasteiger partial charge on any atom is -0.508 e. The van der Waals surface area contributed by atoms with Gasteiger partial charge >= 0.3 is 0 Å². The van der Waals surface area contributed by atoms with Crippen LogP contribution in [0.25, 0.3) is 0 Å². The summed E-state index contributed by atoms with van der Waals surface area (Å²) in [7, 11) is 0. The van der Waals surface area contributed by atoms with Crippen molar-refractivity contribution in [3.63, 3.8) is 0 Å². The van der Waals surface area contributed by atoms with E-state index in [1.807, 2.05) is 24.3 Å². The fraction of sp³-hybridized carbons (Fsp3) is 0.400. The van der Waals surface area contributed by atoms with Crippen LogP contribution in [0.15, 0.2) is 42.5 Å². The summed E-state index contributed by atoms with van der Waals surface area (Å²) < 4.78 is 6.31. The molecule has 0 unspecified atom stereocenters. The lowest BCUT2D eigenvalue weighted by atomic mass is 9.96. The van der Waals surface area contributed by atoms with Crippen molar-refractivity contribution in [2.45, 2.75) is 52.6 Å².